The second-order valence-electron chi connectivity index (χ2n) is 3.51. The first kappa shape index (κ1) is 9.93. The smallest absolute Gasteiger partial charge is 0.252 e. The van der Waals surface area contributed by atoms with Gasteiger partial charge < -0.3 is 4.74 Å². The molecule has 1 heterocycles. The van der Waals surface area contributed by atoms with Crippen LogP contribution in [-0.2, 0) is 9.53 Å². The Balaban J connectivity index is 2.29. The zero-order valence-electron chi connectivity index (χ0n) is 8.64. The van der Waals surface area contributed by atoms with Gasteiger partial charge in [0.15, 0.2) is 0 Å². The lowest BCUT2D eigenvalue weighted by Crippen LogP contribution is -2.30. The van der Waals surface area contributed by atoms with Crippen LogP contribution in [0.15, 0.2) is 36.4 Å². The summed E-state index contributed by atoms with van der Waals surface area (Å²) in [6.07, 6.45) is 3.29. The quantitative estimate of drug-likeness (QED) is 0.697. The maximum Gasteiger partial charge on any atom is 0.252 e. The fraction of sp³-hybridized carbons (Fsp3) is 0.250. The Hall–Kier alpha value is -1.61. The number of benzene rings is 1. The number of anilines is 1. The minimum Gasteiger partial charge on any atom is -0.357 e. The van der Waals surface area contributed by atoms with E-state index in [2.05, 4.69) is 0 Å². The fourth-order valence-corrected chi connectivity index (χ4v) is 1.51. The van der Waals surface area contributed by atoms with Crippen LogP contribution < -0.4 is 4.90 Å². The molecular weight excluding hydrogens is 190 g/mol. The molecular formula is C12H13NO2. The number of ether oxygens (including phenoxy) is 1. The monoisotopic (exact) mass is 203 g/mol. The van der Waals surface area contributed by atoms with E-state index in [-0.39, 0.29) is 5.91 Å². The first-order valence-electron chi connectivity index (χ1n) is 4.90. The predicted molar refractivity (Wildman–Crippen MR) is 58.6 cm³/mol. The minimum absolute atomic E-state index is 0.0295. The van der Waals surface area contributed by atoms with Gasteiger partial charge in [0.1, 0.15) is 6.73 Å². The summed E-state index contributed by atoms with van der Waals surface area (Å²) < 4.78 is 5.29. The third kappa shape index (κ3) is 2.25. The molecule has 3 nitrogen and oxygen atoms in total. The molecule has 1 aliphatic rings. The molecule has 0 unspecified atom stereocenters. The number of hydrogen-bond donors (Lipinski definition) is 0. The lowest BCUT2D eigenvalue weighted by atomic mass is 10.2. The van der Waals surface area contributed by atoms with Gasteiger partial charge in [-0.2, -0.15) is 0 Å². The van der Waals surface area contributed by atoms with Crippen LogP contribution >= 0.6 is 0 Å². The standard InChI is InChI=1S/C12H13NO2/c1-10-4-2-5-11(8-10)13-9-15-7-3-6-12(13)14/h2-6,8H,7,9H2,1H3. The molecule has 2 rings (SSSR count). The van der Waals surface area contributed by atoms with Crippen molar-refractivity contribution in [1.29, 1.82) is 0 Å². The SMILES string of the molecule is Cc1cccc(N2COCC=CC2=O)c1. The van der Waals surface area contributed by atoms with Crippen molar-refractivity contribution in [3.05, 3.63) is 42.0 Å². The van der Waals surface area contributed by atoms with E-state index in [4.69, 9.17) is 4.74 Å². The third-order valence-corrected chi connectivity index (χ3v) is 2.27. The molecule has 0 radical (unpaired) electrons. The van der Waals surface area contributed by atoms with Gasteiger partial charge in [-0.05, 0) is 24.6 Å². The van der Waals surface area contributed by atoms with E-state index in [9.17, 15) is 4.79 Å². The highest BCUT2D eigenvalue weighted by Gasteiger charge is 2.14. The van der Waals surface area contributed by atoms with Crippen LogP contribution in [0, 0.1) is 6.92 Å². The van der Waals surface area contributed by atoms with Crippen molar-refractivity contribution >= 4 is 11.6 Å². The van der Waals surface area contributed by atoms with Crippen molar-refractivity contribution in [3.8, 4) is 0 Å². The summed E-state index contributed by atoms with van der Waals surface area (Å²) in [6, 6.07) is 7.82. The van der Waals surface area contributed by atoms with Gasteiger partial charge in [-0.1, -0.05) is 18.2 Å². The van der Waals surface area contributed by atoms with Crippen molar-refractivity contribution in [3.63, 3.8) is 0 Å². The van der Waals surface area contributed by atoms with Crippen LogP contribution in [0.25, 0.3) is 0 Å². The van der Waals surface area contributed by atoms with Crippen LogP contribution in [0.2, 0.25) is 0 Å². The molecule has 3 heteroatoms. The Morgan fingerprint density at radius 3 is 3.07 bits per heavy atom. The average Bonchev–Trinajstić information content (AvgIpc) is 2.43. The molecule has 1 aliphatic heterocycles. The number of carbonyl (C=O) groups is 1. The lowest BCUT2D eigenvalue weighted by molar-refractivity contribution is -0.114. The Kier molecular flexibility index (Phi) is 2.83. The van der Waals surface area contributed by atoms with Crippen LogP contribution in [0.4, 0.5) is 5.69 Å². The molecule has 1 aromatic rings. The van der Waals surface area contributed by atoms with Gasteiger partial charge in [-0.15, -0.1) is 0 Å². The molecule has 78 valence electrons. The van der Waals surface area contributed by atoms with Crippen molar-refractivity contribution in [2.75, 3.05) is 18.2 Å². The fourth-order valence-electron chi connectivity index (χ4n) is 1.51. The molecule has 0 aromatic heterocycles. The molecule has 1 aromatic carbocycles. The number of carbonyl (C=O) groups excluding carboxylic acids is 1. The van der Waals surface area contributed by atoms with Gasteiger partial charge >= 0.3 is 0 Å². The molecule has 0 bridgehead atoms. The topological polar surface area (TPSA) is 29.5 Å². The van der Waals surface area contributed by atoms with E-state index in [1.165, 1.54) is 0 Å². The lowest BCUT2D eigenvalue weighted by Gasteiger charge is -2.19. The average molecular weight is 203 g/mol. The summed E-state index contributed by atoms with van der Waals surface area (Å²) in [6.45, 7) is 2.81. The first-order valence-corrected chi connectivity index (χ1v) is 4.90. The summed E-state index contributed by atoms with van der Waals surface area (Å²) >= 11 is 0. The maximum atomic E-state index is 11.7. The molecule has 15 heavy (non-hydrogen) atoms. The number of amides is 1. The van der Waals surface area contributed by atoms with Crippen molar-refractivity contribution < 1.29 is 9.53 Å². The van der Waals surface area contributed by atoms with E-state index in [0.717, 1.165) is 11.3 Å². The zero-order chi connectivity index (χ0) is 10.7. The van der Waals surface area contributed by atoms with E-state index in [1.54, 1.807) is 17.1 Å². The van der Waals surface area contributed by atoms with Gasteiger partial charge in [-0.3, -0.25) is 9.69 Å². The summed E-state index contributed by atoms with van der Waals surface area (Å²) in [5.41, 5.74) is 2.01. The van der Waals surface area contributed by atoms with Crippen LogP contribution in [-0.4, -0.2) is 19.2 Å². The molecule has 0 saturated carbocycles. The van der Waals surface area contributed by atoms with Gasteiger partial charge in [0.25, 0.3) is 5.91 Å². The summed E-state index contributed by atoms with van der Waals surface area (Å²) in [4.78, 5) is 13.3. The number of aryl methyl sites for hydroxylation is 1. The summed E-state index contributed by atoms with van der Waals surface area (Å²) in [5, 5.41) is 0. The Labute approximate surface area is 89.0 Å². The van der Waals surface area contributed by atoms with Gasteiger partial charge in [0.05, 0.1) is 6.61 Å². The van der Waals surface area contributed by atoms with Gasteiger partial charge in [-0.25, -0.2) is 0 Å². The first-order chi connectivity index (χ1) is 7.27. The molecule has 0 N–H and O–H groups in total. The molecule has 0 fully saturated rings. The number of nitrogens with zero attached hydrogens (tertiary/aromatic N) is 1. The van der Waals surface area contributed by atoms with Gasteiger partial charge in [0.2, 0.25) is 0 Å². The van der Waals surface area contributed by atoms with Crippen LogP contribution in [0.3, 0.4) is 0 Å². The second-order valence-corrected chi connectivity index (χ2v) is 3.51. The van der Waals surface area contributed by atoms with Gasteiger partial charge in [0, 0.05) is 11.8 Å². The third-order valence-electron chi connectivity index (χ3n) is 2.27. The Morgan fingerprint density at radius 2 is 2.27 bits per heavy atom. The highest BCUT2D eigenvalue weighted by atomic mass is 16.5. The highest BCUT2D eigenvalue weighted by Crippen LogP contribution is 2.17. The van der Waals surface area contributed by atoms with Crippen molar-refractivity contribution in [2.24, 2.45) is 0 Å². The Morgan fingerprint density at radius 1 is 1.40 bits per heavy atom. The molecule has 0 atom stereocenters. The van der Waals surface area contributed by atoms with Crippen LogP contribution in [0.1, 0.15) is 5.56 Å². The molecule has 0 saturated heterocycles. The molecule has 0 spiro atoms. The molecule has 0 aliphatic carbocycles. The minimum atomic E-state index is -0.0295. The summed E-state index contributed by atoms with van der Waals surface area (Å²) in [7, 11) is 0. The van der Waals surface area contributed by atoms with Crippen LogP contribution in [0.5, 0.6) is 0 Å². The normalized spacial score (nSPS) is 16.6. The van der Waals surface area contributed by atoms with E-state index in [1.807, 2.05) is 31.2 Å². The molecule has 1 amide bonds. The largest absolute Gasteiger partial charge is 0.357 e. The Bertz CT molecular complexity index is 398. The zero-order valence-corrected chi connectivity index (χ0v) is 8.64. The van der Waals surface area contributed by atoms with E-state index in [0.29, 0.717) is 13.3 Å². The van der Waals surface area contributed by atoms with Crippen molar-refractivity contribution in [1.82, 2.24) is 0 Å². The summed E-state index contributed by atoms with van der Waals surface area (Å²) in [5.74, 6) is -0.0295. The van der Waals surface area contributed by atoms with E-state index >= 15 is 0 Å². The van der Waals surface area contributed by atoms with E-state index < -0.39 is 0 Å². The highest BCUT2D eigenvalue weighted by molar-refractivity contribution is 6.01. The second kappa shape index (κ2) is 4.28. The maximum absolute atomic E-state index is 11.7. The number of rotatable bonds is 1. The van der Waals surface area contributed by atoms with Crippen molar-refractivity contribution in [2.45, 2.75) is 6.92 Å². The predicted octanol–water partition coefficient (Wildman–Crippen LogP) is 1.87. The number of hydrogen-bond acceptors (Lipinski definition) is 2.